The lowest BCUT2D eigenvalue weighted by atomic mass is 10.2. The van der Waals surface area contributed by atoms with E-state index in [1.165, 1.54) is 0 Å². The maximum absolute atomic E-state index is 5.46. The number of methoxy groups -OCH3 is 1. The quantitative estimate of drug-likeness (QED) is 0.867. The van der Waals surface area contributed by atoms with E-state index in [9.17, 15) is 0 Å². The van der Waals surface area contributed by atoms with Crippen LogP contribution in [0, 0.1) is 0 Å². The van der Waals surface area contributed by atoms with E-state index in [1.807, 2.05) is 18.2 Å². The van der Waals surface area contributed by atoms with Crippen LogP contribution in [0.1, 0.15) is 11.4 Å². The van der Waals surface area contributed by atoms with Crippen LogP contribution < -0.4 is 10.5 Å². The van der Waals surface area contributed by atoms with Crippen LogP contribution >= 0.6 is 28.1 Å². The number of benzene rings is 1. The van der Waals surface area contributed by atoms with Crippen LogP contribution in [0.15, 0.2) is 29.0 Å². The fourth-order valence-corrected chi connectivity index (χ4v) is 2.03. The Bertz CT molecular complexity index is 584. The molecular formula is C11H11BrN4OS. The van der Waals surface area contributed by atoms with Crippen LogP contribution in [0.4, 0.5) is 0 Å². The van der Waals surface area contributed by atoms with Gasteiger partial charge in [-0.15, -0.1) is 5.10 Å². The molecule has 0 aliphatic heterocycles. The normalized spacial score (nSPS) is 10.3. The van der Waals surface area contributed by atoms with Crippen molar-refractivity contribution < 1.29 is 4.74 Å². The zero-order chi connectivity index (χ0) is 13.1. The number of nitrogens with zero attached hydrogens (tertiary/aromatic N) is 3. The molecule has 0 radical (unpaired) electrons. The number of halogens is 1. The zero-order valence-corrected chi connectivity index (χ0v) is 12.0. The van der Waals surface area contributed by atoms with Crippen LogP contribution in [0.3, 0.4) is 0 Å². The van der Waals surface area contributed by atoms with Gasteiger partial charge < -0.3 is 10.5 Å². The number of rotatable bonds is 4. The van der Waals surface area contributed by atoms with Gasteiger partial charge in [-0.1, -0.05) is 28.1 Å². The minimum absolute atomic E-state index is 0.190. The predicted octanol–water partition coefficient (Wildman–Crippen LogP) is 1.73. The first-order valence-electron chi connectivity index (χ1n) is 5.12. The van der Waals surface area contributed by atoms with Gasteiger partial charge >= 0.3 is 0 Å². The molecule has 0 aliphatic rings. The van der Waals surface area contributed by atoms with E-state index in [4.69, 9.17) is 22.7 Å². The summed E-state index contributed by atoms with van der Waals surface area (Å²) in [5.41, 5.74) is 6.45. The first-order valence-corrected chi connectivity index (χ1v) is 6.32. The van der Waals surface area contributed by atoms with E-state index < -0.39 is 0 Å². The van der Waals surface area contributed by atoms with Gasteiger partial charge in [-0.3, -0.25) is 0 Å². The van der Waals surface area contributed by atoms with Gasteiger partial charge in [0.25, 0.3) is 0 Å². The molecule has 0 fully saturated rings. The molecule has 0 aliphatic carbocycles. The van der Waals surface area contributed by atoms with Gasteiger partial charge in [-0.05, 0) is 18.2 Å². The molecular weight excluding hydrogens is 316 g/mol. The van der Waals surface area contributed by atoms with Crippen molar-refractivity contribution in [3.8, 4) is 5.75 Å². The second-order valence-corrected chi connectivity index (χ2v) is 4.94. The van der Waals surface area contributed by atoms with E-state index in [-0.39, 0.29) is 4.99 Å². The molecule has 0 bridgehead atoms. The Labute approximate surface area is 118 Å². The van der Waals surface area contributed by atoms with Crippen LogP contribution in [0.5, 0.6) is 5.75 Å². The molecule has 7 heteroatoms. The molecule has 0 spiro atoms. The van der Waals surface area contributed by atoms with Gasteiger partial charge in [0.15, 0.2) is 0 Å². The van der Waals surface area contributed by atoms with Crippen molar-refractivity contribution in [1.82, 2.24) is 14.8 Å². The van der Waals surface area contributed by atoms with E-state index in [2.05, 4.69) is 26.0 Å². The van der Waals surface area contributed by atoms with Gasteiger partial charge in [0.05, 0.1) is 13.7 Å². The lowest BCUT2D eigenvalue weighted by Gasteiger charge is -2.08. The highest BCUT2D eigenvalue weighted by Gasteiger charge is 2.08. The van der Waals surface area contributed by atoms with Crippen molar-refractivity contribution in [2.24, 2.45) is 5.73 Å². The van der Waals surface area contributed by atoms with Crippen molar-refractivity contribution in [2.75, 3.05) is 7.11 Å². The summed E-state index contributed by atoms with van der Waals surface area (Å²) < 4.78 is 7.94. The fraction of sp³-hybridized carbons (Fsp3) is 0.182. The predicted molar refractivity (Wildman–Crippen MR) is 75.7 cm³/mol. The van der Waals surface area contributed by atoms with Gasteiger partial charge in [0, 0.05) is 10.0 Å². The van der Waals surface area contributed by atoms with Crippen LogP contribution in [-0.4, -0.2) is 26.9 Å². The molecule has 1 aromatic heterocycles. The van der Waals surface area contributed by atoms with Crippen molar-refractivity contribution in [1.29, 1.82) is 0 Å². The Balaban J connectivity index is 2.27. The Kier molecular flexibility index (Phi) is 3.93. The fourth-order valence-electron chi connectivity index (χ4n) is 1.53. The van der Waals surface area contributed by atoms with E-state index in [1.54, 1.807) is 18.1 Å². The summed E-state index contributed by atoms with van der Waals surface area (Å²) in [5.74, 6) is 1.17. The first-order chi connectivity index (χ1) is 8.60. The molecule has 0 atom stereocenters. The van der Waals surface area contributed by atoms with Crippen LogP contribution in [-0.2, 0) is 6.54 Å². The minimum Gasteiger partial charge on any atom is -0.496 e. The molecule has 0 saturated carbocycles. The second kappa shape index (κ2) is 5.45. The molecule has 94 valence electrons. The topological polar surface area (TPSA) is 66.0 Å². The standard InChI is InChI=1S/C11H11BrN4OS/c1-17-9-3-2-8(12)4-7(9)5-16-6-14-11(15-16)10(13)18/h2-4,6H,5H2,1H3,(H2,13,18). The Morgan fingerprint density at radius 3 is 2.94 bits per heavy atom. The average Bonchev–Trinajstić information content (AvgIpc) is 2.78. The summed E-state index contributed by atoms with van der Waals surface area (Å²) in [4.78, 5) is 4.21. The molecule has 5 nitrogen and oxygen atoms in total. The summed E-state index contributed by atoms with van der Waals surface area (Å²) in [6, 6.07) is 5.79. The summed E-state index contributed by atoms with van der Waals surface area (Å²) in [7, 11) is 1.63. The maximum Gasteiger partial charge on any atom is 0.208 e. The van der Waals surface area contributed by atoms with Crippen LogP contribution in [0.2, 0.25) is 0 Å². The molecule has 0 amide bonds. The third-order valence-corrected chi connectivity index (χ3v) is 3.01. The molecule has 18 heavy (non-hydrogen) atoms. The number of ether oxygens (including phenoxy) is 1. The summed E-state index contributed by atoms with van der Waals surface area (Å²) >= 11 is 8.24. The smallest absolute Gasteiger partial charge is 0.208 e. The maximum atomic E-state index is 5.46. The van der Waals surface area contributed by atoms with Gasteiger partial charge in [-0.25, -0.2) is 9.67 Å². The zero-order valence-electron chi connectivity index (χ0n) is 9.63. The molecule has 0 unspecified atom stereocenters. The average molecular weight is 327 g/mol. The molecule has 1 heterocycles. The highest BCUT2D eigenvalue weighted by atomic mass is 79.9. The largest absolute Gasteiger partial charge is 0.496 e. The van der Waals surface area contributed by atoms with Crippen molar-refractivity contribution in [3.05, 3.63) is 40.4 Å². The number of nitrogens with two attached hydrogens (primary N) is 1. The third kappa shape index (κ3) is 2.85. The Morgan fingerprint density at radius 1 is 1.56 bits per heavy atom. The van der Waals surface area contributed by atoms with Gasteiger partial charge in [0.1, 0.15) is 17.1 Å². The lowest BCUT2D eigenvalue weighted by Crippen LogP contribution is -2.12. The van der Waals surface area contributed by atoms with Crippen molar-refractivity contribution >= 4 is 33.1 Å². The summed E-state index contributed by atoms with van der Waals surface area (Å²) in [6.45, 7) is 0.540. The highest BCUT2D eigenvalue weighted by Crippen LogP contribution is 2.23. The van der Waals surface area contributed by atoms with Crippen LogP contribution in [0.25, 0.3) is 0 Å². The lowest BCUT2D eigenvalue weighted by molar-refractivity contribution is 0.407. The third-order valence-electron chi connectivity index (χ3n) is 2.33. The molecule has 2 aromatic rings. The monoisotopic (exact) mass is 326 g/mol. The number of thiocarbonyl (C=S) groups is 1. The number of hydrogen-bond acceptors (Lipinski definition) is 4. The van der Waals surface area contributed by atoms with E-state index >= 15 is 0 Å². The molecule has 0 saturated heterocycles. The first kappa shape index (κ1) is 13.0. The highest BCUT2D eigenvalue weighted by molar-refractivity contribution is 9.10. The molecule has 1 aromatic carbocycles. The molecule has 2 N–H and O–H groups in total. The second-order valence-electron chi connectivity index (χ2n) is 3.59. The Morgan fingerprint density at radius 2 is 2.33 bits per heavy atom. The number of hydrogen-bond donors (Lipinski definition) is 1. The van der Waals surface area contributed by atoms with Gasteiger partial charge in [0.2, 0.25) is 5.82 Å². The summed E-state index contributed by atoms with van der Waals surface area (Å²) in [5, 5.41) is 4.18. The minimum atomic E-state index is 0.190. The van der Waals surface area contributed by atoms with Gasteiger partial charge in [-0.2, -0.15) is 0 Å². The Hall–Kier alpha value is -1.47. The number of aromatic nitrogens is 3. The molecule has 2 rings (SSSR count). The SMILES string of the molecule is COc1ccc(Br)cc1Cn1cnc(C(N)=S)n1. The summed E-state index contributed by atoms with van der Waals surface area (Å²) in [6.07, 6.45) is 1.59. The van der Waals surface area contributed by atoms with E-state index in [0.29, 0.717) is 12.4 Å². The van der Waals surface area contributed by atoms with E-state index in [0.717, 1.165) is 15.8 Å². The van der Waals surface area contributed by atoms with Crippen molar-refractivity contribution in [3.63, 3.8) is 0 Å². The van der Waals surface area contributed by atoms with Crippen molar-refractivity contribution in [2.45, 2.75) is 6.54 Å².